The Morgan fingerprint density at radius 1 is 1.26 bits per heavy atom. The summed E-state index contributed by atoms with van der Waals surface area (Å²) in [7, 11) is 0. The normalized spacial score (nSPS) is 17.1. The molecule has 1 aliphatic rings. The molecule has 2 rings (SSSR count). The number of rotatable bonds is 7. The minimum atomic E-state index is 0.836. The molecule has 3 heteroatoms. The van der Waals surface area contributed by atoms with Gasteiger partial charge in [0.1, 0.15) is 0 Å². The second-order valence-corrected chi connectivity index (χ2v) is 7.66. The summed E-state index contributed by atoms with van der Waals surface area (Å²) in [4.78, 5) is 4.23. The van der Waals surface area contributed by atoms with Crippen molar-refractivity contribution in [1.82, 2.24) is 0 Å². The van der Waals surface area contributed by atoms with Crippen molar-refractivity contribution in [2.24, 2.45) is 5.92 Å². The second kappa shape index (κ2) is 9.34. The molecule has 1 aromatic rings. The SMILES string of the molecule is CC(C)=CCC[C@@H](C)CC[NH+]1CCN(c2cccc(Cl)c2)CC1. The molecule has 1 N–H and O–H groups in total. The van der Waals surface area contributed by atoms with Crippen molar-refractivity contribution in [1.29, 1.82) is 0 Å². The summed E-state index contributed by atoms with van der Waals surface area (Å²) < 4.78 is 0. The molecule has 2 nitrogen and oxygen atoms in total. The van der Waals surface area contributed by atoms with Gasteiger partial charge in [-0.05, 0) is 57.2 Å². The van der Waals surface area contributed by atoms with Gasteiger partial charge in [-0.1, -0.05) is 36.2 Å². The Bertz CT molecular complexity index is 500. The highest BCUT2D eigenvalue weighted by Gasteiger charge is 2.20. The molecule has 1 fully saturated rings. The molecule has 0 radical (unpaired) electrons. The van der Waals surface area contributed by atoms with Crippen molar-refractivity contribution in [2.75, 3.05) is 37.6 Å². The van der Waals surface area contributed by atoms with Crippen LogP contribution in [0.15, 0.2) is 35.9 Å². The van der Waals surface area contributed by atoms with Crippen molar-refractivity contribution in [2.45, 2.75) is 40.0 Å². The van der Waals surface area contributed by atoms with E-state index >= 15 is 0 Å². The summed E-state index contributed by atoms with van der Waals surface area (Å²) in [6.45, 7) is 12.9. The lowest BCUT2D eigenvalue weighted by Crippen LogP contribution is -3.14. The van der Waals surface area contributed by atoms with Crippen LogP contribution in [0.5, 0.6) is 0 Å². The van der Waals surface area contributed by atoms with Gasteiger partial charge in [0.05, 0.1) is 32.7 Å². The number of hydrogen-bond donors (Lipinski definition) is 1. The van der Waals surface area contributed by atoms with Gasteiger partial charge in [0.2, 0.25) is 0 Å². The van der Waals surface area contributed by atoms with E-state index in [4.69, 9.17) is 11.6 Å². The number of benzene rings is 1. The summed E-state index contributed by atoms with van der Waals surface area (Å²) in [5.74, 6) is 0.837. The van der Waals surface area contributed by atoms with Crippen molar-refractivity contribution >= 4 is 17.3 Å². The molecule has 1 saturated heterocycles. The topological polar surface area (TPSA) is 7.68 Å². The Morgan fingerprint density at radius 3 is 2.65 bits per heavy atom. The highest BCUT2D eigenvalue weighted by molar-refractivity contribution is 6.30. The Balaban J connectivity index is 1.67. The summed E-state index contributed by atoms with van der Waals surface area (Å²) in [5.41, 5.74) is 2.71. The largest absolute Gasteiger partial charge is 0.360 e. The van der Waals surface area contributed by atoms with E-state index in [1.165, 1.54) is 50.2 Å². The molecule has 0 unspecified atom stereocenters. The van der Waals surface area contributed by atoms with Crippen molar-refractivity contribution < 1.29 is 4.90 Å². The molecular weight excluding hydrogens is 304 g/mol. The predicted octanol–water partition coefficient (Wildman–Crippen LogP) is 3.82. The molecule has 1 heterocycles. The van der Waals surface area contributed by atoms with Gasteiger partial charge < -0.3 is 9.80 Å². The van der Waals surface area contributed by atoms with Gasteiger partial charge in [-0.2, -0.15) is 0 Å². The van der Waals surface area contributed by atoms with Crippen LogP contribution in [0.2, 0.25) is 5.02 Å². The van der Waals surface area contributed by atoms with E-state index in [0.717, 1.165) is 24.0 Å². The van der Waals surface area contributed by atoms with Crippen LogP contribution in [0.25, 0.3) is 0 Å². The lowest BCUT2D eigenvalue weighted by Gasteiger charge is -2.34. The number of anilines is 1. The molecule has 0 aromatic heterocycles. The van der Waals surface area contributed by atoms with Gasteiger partial charge in [-0.15, -0.1) is 0 Å². The van der Waals surface area contributed by atoms with E-state index in [9.17, 15) is 0 Å². The van der Waals surface area contributed by atoms with Crippen LogP contribution in [-0.2, 0) is 0 Å². The number of piperazine rings is 1. The second-order valence-electron chi connectivity index (χ2n) is 7.22. The van der Waals surface area contributed by atoms with Crippen LogP contribution in [-0.4, -0.2) is 32.7 Å². The summed E-state index contributed by atoms with van der Waals surface area (Å²) in [6, 6.07) is 8.24. The molecule has 0 aliphatic carbocycles. The van der Waals surface area contributed by atoms with E-state index < -0.39 is 0 Å². The molecule has 128 valence electrons. The Kier molecular flexibility index (Phi) is 7.45. The fourth-order valence-electron chi connectivity index (χ4n) is 3.26. The Morgan fingerprint density at radius 2 is 2.00 bits per heavy atom. The molecule has 1 atom stereocenters. The molecule has 1 aromatic carbocycles. The summed E-state index contributed by atoms with van der Waals surface area (Å²) in [5, 5.41) is 0.836. The van der Waals surface area contributed by atoms with Crippen LogP contribution in [0, 0.1) is 5.92 Å². The van der Waals surface area contributed by atoms with Crippen molar-refractivity contribution in [3.05, 3.63) is 40.9 Å². The number of hydrogen-bond acceptors (Lipinski definition) is 1. The van der Waals surface area contributed by atoms with Gasteiger partial charge in [-0.25, -0.2) is 0 Å². The first kappa shape index (κ1) is 18.4. The fourth-order valence-corrected chi connectivity index (χ4v) is 3.44. The first-order valence-corrected chi connectivity index (χ1v) is 9.40. The third-order valence-electron chi connectivity index (χ3n) is 4.85. The van der Waals surface area contributed by atoms with E-state index in [2.05, 4.69) is 43.9 Å². The van der Waals surface area contributed by atoms with Gasteiger partial charge in [0.25, 0.3) is 0 Å². The maximum atomic E-state index is 6.10. The molecular formula is C20H32ClN2+. The fraction of sp³-hybridized carbons (Fsp3) is 0.600. The highest BCUT2D eigenvalue weighted by Crippen LogP contribution is 2.19. The van der Waals surface area contributed by atoms with Crippen molar-refractivity contribution in [3.8, 4) is 0 Å². The molecule has 0 saturated carbocycles. The van der Waals surface area contributed by atoms with E-state index in [-0.39, 0.29) is 0 Å². The maximum Gasteiger partial charge on any atom is 0.0949 e. The molecule has 0 bridgehead atoms. The highest BCUT2D eigenvalue weighted by atomic mass is 35.5. The van der Waals surface area contributed by atoms with E-state index in [1.807, 2.05) is 12.1 Å². The van der Waals surface area contributed by atoms with Gasteiger partial charge >= 0.3 is 0 Å². The molecule has 23 heavy (non-hydrogen) atoms. The van der Waals surface area contributed by atoms with Crippen LogP contribution in [0.4, 0.5) is 5.69 Å². The zero-order chi connectivity index (χ0) is 16.7. The predicted molar refractivity (Wildman–Crippen MR) is 102 cm³/mol. The van der Waals surface area contributed by atoms with Gasteiger partial charge in [0.15, 0.2) is 0 Å². The lowest BCUT2D eigenvalue weighted by molar-refractivity contribution is -0.901. The maximum absolute atomic E-state index is 6.10. The average molecular weight is 336 g/mol. The Hall–Kier alpha value is -0.990. The third kappa shape index (κ3) is 6.56. The number of quaternary nitrogens is 1. The average Bonchev–Trinajstić information content (AvgIpc) is 2.53. The van der Waals surface area contributed by atoms with E-state index in [1.54, 1.807) is 4.90 Å². The van der Waals surface area contributed by atoms with Crippen LogP contribution < -0.4 is 9.80 Å². The minimum Gasteiger partial charge on any atom is -0.360 e. The quantitative estimate of drug-likeness (QED) is 0.744. The third-order valence-corrected chi connectivity index (χ3v) is 5.08. The number of halogens is 1. The smallest absolute Gasteiger partial charge is 0.0949 e. The molecule has 0 amide bonds. The minimum absolute atomic E-state index is 0.836. The first-order chi connectivity index (χ1) is 11.0. The van der Waals surface area contributed by atoms with Crippen LogP contribution in [0.1, 0.15) is 40.0 Å². The van der Waals surface area contributed by atoms with Crippen LogP contribution in [0.3, 0.4) is 0 Å². The number of nitrogens with one attached hydrogen (secondary N) is 1. The molecule has 0 spiro atoms. The standard InChI is InChI=1S/C20H31ClN2/c1-17(2)6-4-7-18(3)10-11-22-12-14-23(15-13-22)20-9-5-8-19(21)16-20/h5-6,8-9,16,18H,4,7,10-15H2,1-3H3/p+1/t18-/m1/s1. The zero-order valence-electron chi connectivity index (χ0n) is 14.9. The number of nitrogens with zero attached hydrogens (tertiary/aromatic N) is 1. The molecule has 1 aliphatic heterocycles. The Labute approximate surface area is 147 Å². The monoisotopic (exact) mass is 335 g/mol. The summed E-state index contributed by atoms with van der Waals surface area (Å²) >= 11 is 6.10. The van der Waals surface area contributed by atoms with E-state index in [0.29, 0.717) is 0 Å². The van der Waals surface area contributed by atoms with Crippen LogP contribution >= 0.6 is 11.6 Å². The lowest BCUT2D eigenvalue weighted by atomic mass is 10.0. The summed E-state index contributed by atoms with van der Waals surface area (Å²) in [6.07, 6.45) is 6.28. The van der Waals surface area contributed by atoms with Gasteiger partial charge in [0, 0.05) is 10.7 Å². The number of allylic oxidation sites excluding steroid dienone is 2. The van der Waals surface area contributed by atoms with Crippen molar-refractivity contribution in [3.63, 3.8) is 0 Å². The first-order valence-electron chi connectivity index (χ1n) is 9.02. The van der Waals surface area contributed by atoms with Gasteiger partial charge in [-0.3, -0.25) is 0 Å². The zero-order valence-corrected chi connectivity index (χ0v) is 15.7.